The molecule has 1 aliphatic rings. The van der Waals surface area contributed by atoms with Gasteiger partial charge in [-0.15, -0.1) is 0 Å². The Bertz CT molecular complexity index is 448. The normalized spacial score (nSPS) is 27.3. The van der Waals surface area contributed by atoms with E-state index in [1.807, 2.05) is 43.3 Å². The predicted molar refractivity (Wildman–Crippen MR) is 70.0 cm³/mol. The van der Waals surface area contributed by atoms with Gasteiger partial charge in [-0.25, -0.2) is 0 Å². The first-order valence-electron chi connectivity index (χ1n) is 6.25. The zero-order valence-corrected chi connectivity index (χ0v) is 10.3. The molecule has 1 heterocycles. The Kier molecular flexibility index (Phi) is 3.13. The maximum atomic E-state index is 5.89. The van der Waals surface area contributed by atoms with Crippen molar-refractivity contribution in [2.75, 3.05) is 0 Å². The number of hydrogen-bond donors (Lipinski definition) is 0. The van der Waals surface area contributed by atoms with Crippen molar-refractivity contribution >= 4 is 0 Å². The van der Waals surface area contributed by atoms with E-state index in [2.05, 4.69) is 24.3 Å². The average molecular weight is 240 g/mol. The van der Waals surface area contributed by atoms with Crippen molar-refractivity contribution < 1.29 is 9.47 Å². The molecule has 0 spiro atoms. The monoisotopic (exact) mass is 240 g/mol. The third-order valence-electron chi connectivity index (χ3n) is 3.21. The van der Waals surface area contributed by atoms with Crippen LogP contribution in [0.2, 0.25) is 0 Å². The number of ether oxygens (including phenoxy) is 2. The lowest BCUT2D eigenvalue weighted by molar-refractivity contribution is -0.0516. The van der Waals surface area contributed by atoms with Crippen LogP contribution in [0.1, 0.15) is 30.3 Å². The summed E-state index contributed by atoms with van der Waals surface area (Å²) in [6.45, 7) is 1.94. The van der Waals surface area contributed by atoms with Crippen LogP contribution >= 0.6 is 0 Å². The minimum Gasteiger partial charge on any atom is -0.342 e. The summed E-state index contributed by atoms with van der Waals surface area (Å²) in [5, 5.41) is 0. The van der Waals surface area contributed by atoms with Crippen molar-refractivity contribution in [1.82, 2.24) is 0 Å². The van der Waals surface area contributed by atoms with Crippen molar-refractivity contribution in [2.45, 2.75) is 25.4 Å². The SMILES string of the molecule is CC1O[C@H](c2ccccc2)[C@H](c2ccccc2)O1. The molecule has 2 aromatic carbocycles. The van der Waals surface area contributed by atoms with Gasteiger partial charge in [-0.3, -0.25) is 0 Å². The topological polar surface area (TPSA) is 18.5 Å². The van der Waals surface area contributed by atoms with Crippen molar-refractivity contribution in [3.8, 4) is 0 Å². The number of hydrogen-bond acceptors (Lipinski definition) is 2. The minimum atomic E-state index is -0.166. The van der Waals surface area contributed by atoms with Crippen LogP contribution in [0, 0.1) is 0 Å². The van der Waals surface area contributed by atoms with Gasteiger partial charge in [0, 0.05) is 0 Å². The largest absolute Gasteiger partial charge is 0.342 e. The fourth-order valence-electron chi connectivity index (χ4n) is 2.38. The molecule has 92 valence electrons. The fourth-order valence-corrected chi connectivity index (χ4v) is 2.38. The van der Waals surface area contributed by atoms with Crippen molar-refractivity contribution in [2.24, 2.45) is 0 Å². The Morgan fingerprint density at radius 3 is 1.44 bits per heavy atom. The summed E-state index contributed by atoms with van der Waals surface area (Å²) >= 11 is 0. The summed E-state index contributed by atoms with van der Waals surface area (Å²) in [4.78, 5) is 0. The Hall–Kier alpha value is -1.64. The van der Waals surface area contributed by atoms with E-state index in [-0.39, 0.29) is 18.5 Å². The van der Waals surface area contributed by atoms with E-state index in [0.717, 1.165) is 11.1 Å². The maximum Gasteiger partial charge on any atom is 0.156 e. The van der Waals surface area contributed by atoms with Gasteiger partial charge < -0.3 is 9.47 Å². The van der Waals surface area contributed by atoms with Gasteiger partial charge in [-0.2, -0.15) is 0 Å². The molecule has 0 saturated carbocycles. The molecule has 2 nitrogen and oxygen atoms in total. The quantitative estimate of drug-likeness (QED) is 0.793. The molecular weight excluding hydrogens is 224 g/mol. The Labute approximate surface area is 107 Å². The van der Waals surface area contributed by atoms with Gasteiger partial charge in [0.2, 0.25) is 0 Å². The third-order valence-corrected chi connectivity index (χ3v) is 3.21. The second kappa shape index (κ2) is 4.92. The van der Waals surface area contributed by atoms with E-state index in [4.69, 9.17) is 9.47 Å². The van der Waals surface area contributed by atoms with Crippen LogP contribution in [0.15, 0.2) is 60.7 Å². The zero-order chi connectivity index (χ0) is 12.4. The lowest BCUT2D eigenvalue weighted by Crippen LogP contribution is -2.06. The smallest absolute Gasteiger partial charge is 0.156 e. The molecule has 1 aliphatic heterocycles. The maximum absolute atomic E-state index is 5.89. The minimum absolute atomic E-state index is 0.0244. The fraction of sp³-hybridized carbons (Fsp3) is 0.250. The standard InChI is InChI=1S/C16H16O2/c1-12-17-15(13-8-4-2-5-9-13)16(18-12)14-10-6-3-7-11-14/h2-12,15-16H,1H3/t12?,15-,16+. The summed E-state index contributed by atoms with van der Waals surface area (Å²) in [5.41, 5.74) is 2.33. The van der Waals surface area contributed by atoms with Crippen LogP contribution in [0.5, 0.6) is 0 Å². The average Bonchev–Trinajstić information content (AvgIpc) is 2.83. The second-order valence-corrected chi connectivity index (χ2v) is 4.50. The summed E-state index contributed by atoms with van der Waals surface area (Å²) in [6, 6.07) is 20.5. The number of benzene rings is 2. The van der Waals surface area contributed by atoms with Crippen LogP contribution in [0.25, 0.3) is 0 Å². The van der Waals surface area contributed by atoms with Gasteiger partial charge >= 0.3 is 0 Å². The first kappa shape index (κ1) is 11.5. The van der Waals surface area contributed by atoms with Crippen LogP contribution in [-0.4, -0.2) is 6.29 Å². The van der Waals surface area contributed by atoms with Crippen molar-refractivity contribution in [3.63, 3.8) is 0 Å². The molecule has 3 rings (SSSR count). The van der Waals surface area contributed by atoms with Gasteiger partial charge in [0.15, 0.2) is 6.29 Å². The van der Waals surface area contributed by atoms with Crippen LogP contribution < -0.4 is 0 Å². The molecule has 1 unspecified atom stereocenters. The summed E-state index contributed by atoms with van der Waals surface area (Å²) < 4.78 is 11.8. The predicted octanol–water partition coefficient (Wildman–Crippen LogP) is 3.86. The molecule has 0 N–H and O–H groups in total. The molecule has 3 atom stereocenters. The molecular formula is C16H16O2. The summed E-state index contributed by atoms with van der Waals surface area (Å²) in [5.74, 6) is 0. The molecule has 0 amide bonds. The molecule has 1 saturated heterocycles. The van der Waals surface area contributed by atoms with Gasteiger partial charge in [0.05, 0.1) is 0 Å². The molecule has 0 bridgehead atoms. The molecule has 0 aliphatic carbocycles. The highest BCUT2D eigenvalue weighted by Gasteiger charge is 2.35. The Morgan fingerprint density at radius 1 is 0.667 bits per heavy atom. The summed E-state index contributed by atoms with van der Waals surface area (Å²) in [7, 11) is 0. The highest BCUT2D eigenvalue weighted by atomic mass is 16.7. The van der Waals surface area contributed by atoms with Crippen LogP contribution in [0.3, 0.4) is 0 Å². The van der Waals surface area contributed by atoms with Crippen molar-refractivity contribution in [3.05, 3.63) is 71.8 Å². The first-order valence-corrected chi connectivity index (χ1v) is 6.25. The lowest BCUT2D eigenvalue weighted by atomic mass is 9.99. The number of rotatable bonds is 2. The third kappa shape index (κ3) is 2.17. The van der Waals surface area contributed by atoms with E-state index >= 15 is 0 Å². The Balaban J connectivity index is 1.93. The highest BCUT2D eigenvalue weighted by Crippen LogP contribution is 2.42. The van der Waals surface area contributed by atoms with E-state index in [1.165, 1.54) is 0 Å². The van der Waals surface area contributed by atoms with Gasteiger partial charge in [-0.05, 0) is 18.1 Å². The molecule has 0 radical (unpaired) electrons. The highest BCUT2D eigenvalue weighted by molar-refractivity contribution is 5.26. The molecule has 1 fully saturated rings. The van der Waals surface area contributed by atoms with Gasteiger partial charge in [0.25, 0.3) is 0 Å². The van der Waals surface area contributed by atoms with Gasteiger partial charge in [0.1, 0.15) is 12.2 Å². The molecule has 0 aromatic heterocycles. The van der Waals surface area contributed by atoms with E-state index in [0.29, 0.717) is 0 Å². The van der Waals surface area contributed by atoms with E-state index in [9.17, 15) is 0 Å². The first-order chi connectivity index (χ1) is 8.84. The Morgan fingerprint density at radius 2 is 1.06 bits per heavy atom. The second-order valence-electron chi connectivity index (χ2n) is 4.50. The van der Waals surface area contributed by atoms with Crippen LogP contribution in [-0.2, 0) is 9.47 Å². The van der Waals surface area contributed by atoms with E-state index < -0.39 is 0 Å². The van der Waals surface area contributed by atoms with Gasteiger partial charge in [-0.1, -0.05) is 60.7 Å². The molecule has 18 heavy (non-hydrogen) atoms. The van der Waals surface area contributed by atoms with E-state index in [1.54, 1.807) is 0 Å². The molecule has 2 heteroatoms. The van der Waals surface area contributed by atoms with Crippen LogP contribution in [0.4, 0.5) is 0 Å². The van der Waals surface area contributed by atoms with Crippen molar-refractivity contribution in [1.29, 1.82) is 0 Å². The lowest BCUT2D eigenvalue weighted by Gasteiger charge is -2.17. The summed E-state index contributed by atoms with van der Waals surface area (Å²) in [6.07, 6.45) is -0.215. The molecule has 2 aromatic rings. The zero-order valence-electron chi connectivity index (χ0n) is 10.3.